The fourth-order valence-corrected chi connectivity index (χ4v) is 2.39. The lowest BCUT2D eigenvalue weighted by atomic mass is 10.2. The molecule has 1 amide bonds. The molecule has 6 heteroatoms. The van der Waals surface area contributed by atoms with Crippen LogP contribution < -0.4 is 5.32 Å². The first-order chi connectivity index (χ1) is 9.10. The van der Waals surface area contributed by atoms with Gasteiger partial charge in [-0.05, 0) is 18.2 Å². The molecule has 0 spiro atoms. The predicted molar refractivity (Wildman–Crippen MR) is 78.4 cm³/mol. The van der Waals surface area contributed by atoms with E-state index in [1.807, 2.05) is 6.92 Å². The highest BCUT2D eigenvalue weighted by Crippen LogP contribution is 2.19. The first kappa shape index (κ1) is 14.1. The predicted octanol–water partition coefficient (Wildman–Crippen LogP) is 3.22. The Morgan fingerprint density at radius 2 is 2.32 bits per heavy atom. The number of nitrogens with one attached hydrogen (secondary N) is 1. The number of carbonyl (C=O) groups excluding carboxylic acids is 1. The van der Waals surface area contributed by atoms with E-state index >= 15 is 0 Å². The van der Waals surface area contributed by atoms with Crippen molar-refractivity contribution >= 4 is 34.5 Å². The van der Waals surface area contributed by atoms with Crippen molar-refractivity contribution < 1.29 is 9.21 Å². The molecular formula is C13H13BrN2O2S. The Balaban J connectivity index is 2.01. The van der Waals surface area contributed by atoms with Gasteiger partial charge in [0.25, 0.3) is 5.91 Å². The van der Waals surface area contributed by atoms with E-state index in [9.17, 15) is 4.79 Å². The van der Waals surface area contributed by atoms with Crippen molar-refractivity contribution in [2.24, 2.45) is 0 Å². The third-order valence-corrected chi connectivity index (χ3v) is 3.42. The van der Waals surface area contributed by atoms with E-state index in [1.165, 1.54) is 0 Å². The zero-order valence-electron chi connectivity index (χ0n) is 10.3. The molecule has 0 aliphatic carbocycles. The third kappa shape index (κ3) is 3.61. The Labute approximate surface area is 125 Å². The number of amides is 1. The summed E-state index contributed by atoms with van der Waals surface area (Å²) in [5, 5.41) is 2.75. The summed E-state index contributed by atoms with van der Waals surface area (Å²) < 4.78 is 6.30. The van der Waals surface area contributed by atoms with Crippen LogP contribution in [0.2, 0.25) is 0 Å². The summed E-state index contributed by atoms with van der Waals surface area (Å²) in [6.45, 7) is 2.25. The van der Waals surface area contributed by atoms with E-state index in [2.05, 4.69) is 38.9 Å². The van der Waals surface area contributed by atoms with Crippen LogP contribution in [0.1, 0.15) is 28.9 Å². The second-order valence-electron chi connectivity index (χ2n) is 3.92. The number of hydrogen-bond donors (Lipinski definition) is 2. The van der Waals surface area contributed by atoms with Gasteiger partial charge in [0, 0.05) is 15.8 Å². The SMILES string of the molecule is CCc1cnc(CNC(=O)c2ccc(Br)cc2S)o1. The molecule has 19 heavy (non-hydrogen) atoms. The van der Waals surface area contributed by atoms with Gasteiger partial charge < -0.3 is 9.73 Å². The van der Waals surface area contributed by atoms with Crippen molar-refractivity contribution in [1.29, 1.82) is 0 Å². The molecule has 0 bridgehead atoms. The molecule has 2 rings (SSSR count). The maximum atomic E-state index is 12.0. The highest BCUT2D eigenvalue weighted by molar-refractivity contribution is 9.10. The number of aryl methyl sites for hydroxylation is 1. The fourth-order valence-electron chi connectivity index (χ4n) is 1.54. The number of halogens is 1. The van der Waals surface area contributed by atoms with Gasteiger partial charge in [-0.15, -0.1) is 12.6 Å². The number of hydrogen-bond acceptors (Lipinski definition) is 4. The number of nitrogens with zero attached hydrogens (tertiary/aromatic N) is 1. The molecule has 0 saturated carbocycles. The van der Waals surface area contributed by atoms with Gasteiger partial charge in [-0.1, -0.05) is 22.9 Å². The molecule has 0 aliphatic heterocycles. The lowest BCUT2D eigenvalue weighted by Gasteiger charge is -2.05. The molecule has 0 saturated heterocycles. The fraction of sp³-hybridized carbons (Fsp3) is 0.231. The van der Waals surface area contributed by atoms with Crippen molar-refractivity contribution in [2.45, 2.75) is 24.8 Å². The van der Waals surface area contributed by atoms with Crippen LogP contribution in [0.4, 0.5) is 0 Å². The van der Waals surface area contributed by atoms with Crippen LogP contribution in [0, 0.1) is 0 Å². The normalized spacial score (nSPS) is 10.5. The first-order valence-electron chi connectivity index (χ1n) is 5.80. The van der Waals surface area contributed by atoms with Crippen LogP contribution in [0.15, 0.2) is 38.2 Å². The molecule has 100 valence electrons. The minimum atomic E-state index is -0.200. The van der Waals surface area contributed by atoms with E-state index in [1.54, 1.807) is 24.4 Å². The van der Waals surface area contributed by atoms with Gasteiger partial charge >= 0.3 is 0 Å². The zero-order valence-corrected chi connectivity index (χ0v) is 12.8. The standard InChI is InChI=1S/C13H13BrN2O2S/c1-2-9-6-15-12(18-9)7-16-13(17)10-4-3-8(14)5-11(10)19/h3-6,19H,2,7H2,1H3,(H,16,17). The largest absolute Gasteiger partial charge is 0.444 e. The quantitative estimate of drug-likeness (QED) is 0.840. The van der Waals surface area contributed by atoms with E-state index < -0.39 is 0 Å². The summed E-state index contributed by atoms with van der Waals surface area (Å²) in [7, 11) is 0. The summed E-state index contributed by atoms with van der Waals surface area (Å²) in [6, 6.07) is 5.29. The van der Waals surface area contributed by atoms with Gasteiger partial charge in [-0.2, -0.15) is 0 Å². The van der Waals surface area contributed by atoms with Crippen molar-refractivity contribution in [1.82, 2.24) is 10.3 Å². The third-order valence-electron chi connectivity index (χ3n) is 2.55. The van der Waals surface area contributed by atoms with Crippen LogP contribution in [0.5, 0.6) is 0 Å². The van der Waals surface area contributed by atoms with Gasteiger partial charge in [0.15, 0.2) is 0 Å². The molecule has 1 N–H and O–H groups in total. The number of aromatic nitrogens is 1. The second-order valence-corrected chi connectivity index (χ2v) is 5.32. The maximum Gasteiger partial charge on any atom is 0.252 e. The highest BCUT2D eigenvalue weighted by Gasteiger charge is 2.11. The van der Waals surface area contributed by atoms with Crippen molar-refractivity contribution in [3.63, 3.8) is 0 Å². The van der Waals surface area contributed by atoms with Crippen molar-refractivity contribution in [3.8, 4) is 0 Å². The highest BCUT2D eigenvalue weighted by atomic mass is 79.9. The van der Waals surface area contributed by atoms with Crippen LogP contribution in [-0.4, -0.2) is 10.9 Å². The summed E-state index contributed by atoms with van der Waals surface area (Å²) in [5.74, 6) is 1.11. The lowest BCUT2D eigenvalue weighted by molar-refractivity contribution is 0.0944. The molecule has 0 fully saturated rings. The topological polar surface area (TPSA) is 55.1 Å². The van der Waals surface area contributed by atoms with Gasteiger partial charge in [0.1, 0.15) is 5.76 Å². The van der Waals surface area contributed by atoms with E-state index in [0.717, 1.165) is 16.7 Å². The van der Waals surface area contributed by atoms with E-state index in [4.69, 9.17) is 4.42 Å². The number of oxazole rings is 1. The molecule has 0 aliphatic rings. The molecule has 1 heterocycles. The molecule has 0 unspecified atom stereocenters. The zero-order chi connectivity index (χ0) is 13.8. The summed E-state index contributed by atoms with van der Waals surface area (Å²) >= 11 is 7.60. The average Bonchev–Trinajstić information content (AvgIpc) is 2.84. The average molecular weight is 341 g/mol. The second kappa shape index (κ2) is 6.25. The molecule has 0 radical (unpaired) electrons. The lowest BCUT2D eigenvalue weighted by Crippen LogP contribution is -2.23. The number of carbonyl (C=O) groups is 1. The number of rotatable bonds is 4. The number of benzene rings is 1. The Morgan fingerprint density at radius 3 is 2.95 bits per heavy atom. The Kier molecular flexibility index (Phi) is 4.66. The maximum absolute atomic E-state index is 12.0. The summed E-state index contributed by atoms with van der Waals surface area (Å²) in [5.41, 5.74) is 0.522. The summed E-state index contributed by atoms with van der Waals surface area (Å²) in [6.07, 6.45) is 2.46. The van der Waals surface area contributed by atoms with Crippen molar-refractivity contribution in [3.05, 3.63) is 46.1 Å². The van der Waals surface area contributed by atoms with Crippen molar-refractivity contribution in [2.75, 3.05) is 0 Å². The number of thiol groups is 1. The molecule has 2 aromatic rings. The molecule has 0 atom stereocenters. The van der Waals surface area contributed by atoms with E-state index in [-0.39, 0.29) is 12.5 Å². The first-order valence-corrected chi connectivity index (χ1v) is 7.04. The smallest absolute Gasteiger partial charge is 0.252 e. The molecular weight excluding hydrogens is 328 g/mol. The van der Waals surface area contributed by atoms with Gasteiger partial charge in [0.05, 0.1) is 18.3 Å². The Bertz CT molecular complexity index is 598. The van der Waals surface area contributed by atoms with Crippen LogP contribution in [-0.2, 0) is 13.0 Å². The monoisotopic (exact) mass is 340 g/mol. The van der Waals surface area contributed by atoms with Gasteiger partial charge in [-0.3, -0.25) is 4.79 Å². The molecule has 1 aromatic heterocycles. The van der Waals surface area contributed by atoms with E-state index in [0.29, 0.717) is 16.3 Å². The molecule has 4 nitrogen and oxygen atoms in total. The summed E-state index contributed by atoms with van der Waals surface area (Å²) in [4.78, 5) is 16.7. The minimum absolute atomic E-state index is 0.200. The Hall–Kier alpha value is -1.27. The van der Waals surface area contributed by atoms with Crippen LogP contribution in [0.3, 0.4) is 0 Å². The van der Waals surface area contributed by atoms with Gasteiger partial charge in [0.2, 0.25) is 5.89 Å². The van der Waals surface area contributed by atoms with Crippen LogP contribution in [0.25, 0.3) is 0 Å². The Morgan fingerprint density at radius 1 is 1.53 bits per heavy atom. The molecule has 1 aromatic carbocycles. The minimum Gasteiger partial charge on any atom is -0.444 e. The van der Waals surface area contributed by atoms with Crippen LogP contribution >= 0.6 is 28.6 Å². The van der Waals surface area contributed by atoms with Gasteiger partial charge in [-0.25, -0.2) is 4.98 Å².